The first-order valence-corrected chi connectivity index (χ1v) is 11.4. The summed E-state index contributed by atoms with van der Waals surface area (Å²) in [6.07, 6.45) is 0. The Hall–Kier alpha value is -4.18. The van der Waals surface area contributed by atoms with Gasteiger partial charge in [-0.2, -0.15) is 0 Å². The van der Waals surface area contributed by atoms with Crippen LogP contribution in [0.5, 0.6) is 0 Å². The first-order chi connectivity index (χ1) is 16.7. The van der Waals surface area contributed by atoms with Gasteiger partial charge in [0.2, 0.25) is 5.91 Å². The van der Waals surface area contributed by atoms with Gasteiger partial charge in [0.15, 0.2) is 0 Å². The number of nitrogens with one attached hydrogen (secondary N) is 1. The summed E-state index contributed by atoms with van der Waals surface area (Å²) in [5.74, 6) is -1.46. The van der Waals surface area contributed by atoms with Gasteiger partial charge in [-0.3, -0.25) is 4.79 Å². The van der Waals surface area contributed by atoms with E-state index in [-0.39, 0.29) is 11.8 Å². The second kappa shape index (κ2) is 7.99. The number of hydrogen-bond acceptors (Lipinski definition) is 3. The van der Waals surface area contributed by atoms with Crippen molar-refractivity contribution in [3.8, 4) is 22.3 Å². The molecular formula is C30H23NO3. The second-order valence-corrected chi connectivity index (χ2v) is 8.77. The number of fused-ring (bicyclic) bond motifs is 6. The molecule has 0 saturated carbocycles. The smallest absolute Gasteiger partial charge is 0.329 e. The van der Waals surface area contributed by atoms with Gasteiger partial charge in [0, 0.05) is 5.92 Å². The van der Waals surface area contributed by atoms with Crippen molar-refractivity contribution in [3.05, 3.63) is 119 Å². The average Bonchev–Trinajstić information content (AvgIpc) is 3.40. The standard InChI is InChI=1S/C30H23NO3/c1-34-30(33)28(26-22-14-6-2-10-18(22)19-11-3-7-15-23(19)26)31-29(32)27-24-16-8-4-12-20(24)21-13-5-9-17-25(21)27/h2-17,26-28H,1H3,(H,31,32)/t28-/m0/s1. The van der Waals surface area contributed by atoms with E-state index in [0.29, 0.717) is 0 Å². The third-order valence-corrected chi connectivity index (χ3v) is 7.06. The van der Waals surface area contributed by atoms with Crippen LogP contribution >= 0.6 is 0 Å². The SMILES string of the molecule is COC(=O)[C@@H](NC(=O)C1c2ccccc2-c2ccccc21)C1c2ccccc2-c2ccccc21. The summed E-state index contributed by atoms with van der Waals surface area (Å²) < 4.78 is 5.20. The molecule has 0 aliphatic heterocycles. The van der Waals surface area contributed by atoms with Crippen LogP contribution in [0.25, 0.3) is 22.3 Å². The first-order valence-electron chi connectivity index (χ1n) is 11.4. The molecule has 166 valence electrons. The fourth-order valence-corrected chi connectivity index (χ4v) is 5.63. The van der Waals surface area contributed by atoms with Crippen LogP contribution in [0.1, 0.15) is 34.1 Å². The highest BCUT2D eigenvalue weighted by Crippen LogP contribution is 2.48. The Labute approximate surface area is 198 Å². The minimum atomic E-state index is -0.845. The lowest BCUT2D eigenvalue weighted by atomic mass is 9.88. The Morgan fingerprint density at radius 1 is 0.647 bits per heavy atom. The van der Waals surface area contributed by atoms with E-state index >= 15 is 0 Å². The van der Waals surface area contributed by atoms with Crippen LogP contribution in [0.15, 0.2) is 97.1 Å². The molecule has 4 nitrogen and oxygen atoms in total. The number of benzene rings is 4. The lowest BCUT2D eigenvalue weighted by Gasteiger charge is -2.26. The van der Waals surface area contributed by atoms with E-state index in [2.05, 4.69) is 17.4 Å². The molecule has 4 aromatic carbocycles. The van der Waals surface area contributed by atoms with E-state index in [0.717, 1.165) is 44.5 Å². The summed E-state index contributed by atoms with van der Waals surface area (Å²) in [5.41, 5.74) is 8.24. The van der Waals surface area contributed by atoms with Crippen molar-refractivity contribution < 1.29 is 14.3 Å². The lowest BCUT2D eigenvalue weighted by Crippen LogP contribution is -2.47. The van der Waals surface area contributed by atoms with Crippen molar-refractivity contribution >= 4 is 11.9 Å². The highest BCUT2D eigenvalue weighted by Gasteiger charge is 2.42. The van der Waals surface area contributed by atoms with Crippen LogP contribution in [0.2, 0.25) is 0 Å². The maximum Gasteiger partial charge on any atom is 0.329 e. The van der Waals surface area contributed by atoms with E-state index in [1.165, 1.54) is 7.11 Å². The van der Waals surface area contributed by atoms with Crippen molar-refractivity contribution in [2.75, 3.05) is 7.11 Å². The molecule has 34 heavy (non-hydrogen) atoms. The molecule has 2 aliphatic rings. The van der Waals surface area contributed by atoms with Crippen molar-refractivity contribution in [2.45, 2.75) is 17.9 Å². The van der Waals surface area contributed by atoms with Gasteiger partial charge in [-0.15, -0.1) is 0 Å². The van der Waals surface area contributed by atoms with E-state index < -0.39 is 17.9 Å². The molecule has 1 amide bonds. The highest BCUT2D eigenvalue weighted by molar-refractivity contribution is 5.98. The molecule has 0 aromatic heterocycles. The third-order valence-electron chi connectivity index (χ3n) is 7.06. The molecule has 0 spiro atoms. The van der Waals surface area contributed by atoms with Crippen molar-refractivity contribution in [1.82, 2.24) is 5.32 Å². The molecular weight excluding hydrogens is 422 g/mol. The predicted octanol–water partition coefficient (Wildman–Crippen LogP) is 5.27. The van der Waals surface area contributed by atoms with E-state index in [1.807, 2.05) is 84.9 Å². The zero-order valence-corrected chi connectivity index (χ0v) is 18.7. The predicted molar refractivity (Wildman–Crippen MR) is 131 cm³/mol. The van der Waals surface area contributed by atoms with Crippen LogP contribution in [0.3, 0.4) is 0 Å². The summed E-state index contributed by atoms with van der Waals surface area (Å²) in [7, 11) is 1.37. The molecule has 0 radical (unpaired) electrons. The van der Waals surface area contributed by atoms with E-state index in [9.17, 15) is 9.59 Å². The van der Waals surface area contributed by atoms with Crippen LogP contribution in [0.4, 0.5) is 0 Å². The normalized spacial score (nSPS) is 14.5. The zero-order chi connectivity index (χ0) is 23.2. The van der Waals surface area contributed by atoms with Gasteiger partial charge in [-0.25, -0.2) is 4.79 Å². The number of amides is 1. The van der Waals surface area contributed by atoms with Gasteiger partial charge in [0.25, 0.3) is 0 Å². The molecule has 6 rings (SSSR count). The van der Waals surface area contributed by atoms with Gasteiger partial charge < -0.3 is 10.1 Å². The van der Waals surface area contributed by atoms with Gasteiger partial charge in [-0.1, -0.05) is 97.1 Å². The maximum atomic E-state index is 13.9. The quantitative estimate of drug-likeness (QED) is 0.436. The molecule has 0 heterocycles. The number of carbonyl (C=O) groups is 2. The highest BCUT2D eigenvalue weighted by atomic mass is 16.5. The summed E-state index contributed by atoms with van der Waals surface area (Å²) in [6.45, 7) is 0. The molecule has 1 atom stereocenters. The van der Waals surface area contributed by atoms with Crippen molar-refractivity contribution in [1.29, 1.82) is 0 Å². The molecule has 4 heteroatoms. The monoisotopic (exact) mass is 445 g/mol. The Balaban J connectivity index is 1.43. The number of hydrogen-bond donors (Lipinski definition) is 1. The molecule has 0 fully saturated rings. The first kappa shape index (κ1) is 20.4. The molecule has 1 N–H and O–H groups in total. The number of ether oxygens (including phenoxy) is 1. The molecule has 0 bridgehead atoms. The zero-order valence-electron chi connectivity index (χ0n) is 18.7. The van der Waals surface area contributed by atoms with Gasteiger partial charge in [0.05, 0.1) is 13.0 Å². The molecule has 0 unspecified atom stereocenters. The minimum Gasteiger partial charge on any atom is -0.467 e. The van der Waals surface area contributed by atoms with Crippen LogP contribution in [0, 0.1) is 0 Å². The summed E-state index contributed by atoms with van der Waals surface area (Å²) >= 11 is 0. The van der Waals surface area contributed by atoms with Crippen LogP contribution in [-0.2, 0) is 14.3 Å². The van der Waals surface area contributed by atoms with Crippen LogP contribution in [-0.4, -0.2) is 25.0 Å². The topological polar surface area (TPSA) is 55.4 Å². The van der Waals surface area contributed by atoms with E-state index in [4.69, 9.17) is 4.74 Å². The van der Waals surface area contributed by atoms with Gasteiger partial charge >= 0.3 is 5.97 Å². The number of esters is 1. The summed E-state index contributed by atoms with van der Waals surface area (Å²) in [4.78, 5) is 27.0. The third kappa shape index (κ3) is 2.99. The Bertz CT molecular complexity index is 1350. The minimum absolute atomic E-state index is 0.199. The van der Waals surface area contributed by atoms with Crippen molar-refractivity contribution in [3.63, 3.8) is 0 Å². The Morgan fingerprint density at radius 2 is 1.03 bits per heavy atom. The summed E-state index contributed by atoms with van der Waals surface area (Å²) in [5, 5.41) is 3.10. The number of methoxy groups -OCH3 is 1. The van der Waals surface area contributed by atoms with E-state index in [1.54, 1.807) is 0 Å². The second-order valence-electron chi connectivity index (χ2n) is 8.77. The van der Waals surface area contributed by atoms with Gasteiger partial charge in [0.1, 0.15) is 6.04 Å². The number of carbonyl (C=O) groups excluding carboxylic acids is 2. The van der Waals surface area contributed by atoms with Gasteiger partial charge in [-0.05, 0) is 44.5 Å². The average molecular weight is 446 g/mol. The largest absolute Gasteiger partial charge is 0.467 e. The maximum absolute atomic E-state index is 13.9. The van der Waals surface area contributed by atoms with Crippen molar-refractivity contribution in [2.24, 2.45) is 0 Å². The fraction of sp³-hybridized carbons (Fsp3) is 0.133. The summed E-state index contributed by atoms with van der Waals surface area (Å²) in [6, 6.07) is 31.2. The Kier molecular flexibility index (Phi) is 4.80. The lowest BCUT2D eigenvalue weighted by molar-refractivity contribution is -0.145. The Morgan fingerprint density at radius 3 is 1.47 bits per heavy atom. The molecule has 2 aliphatic carbocycles. The van der Waals surface area contributed by atoms with Crippen LogP contribution < -0.4 is 5.32 Å². The molecule has 0 saturated heterocycles. The number of rotatable bonds is 4. The fourth-order valence-electron chi connectivity index (χ4n) is 5.63. The molecule has 4 aromatic rings.